The van der Waals surface area contributed by atoms with Crippen molar-refractivity contribution in [2.75, 3.05) is 0 Å². The van der Waals surface area contributed by atoms with Gasteiger partial charge in [0.25, 0.3) is 0 Å². The van der Waals surface area contributed by atoms with Crippen molar-refractivity contribution < 1.29 is 0 Å². The molecule has 4 bridgehead atoms. The summed E-state index contributed by atoms with van der Waals surface area (Å²) in [7, 11) is 0. The second-order valence-corrected chi connectivity index (χ2v) is 6.03. The van der Waals surface area contributed by atoms with Gasteiger partial charge in [0.05, 0.1) is 5.54 Å². The zero-order chi connectivity index (χ0) is 9.88. The van der Waals surface area contributed by atoms with Crippen LogP contribution in [0.4, 0.5) is 0 Å². The summed E-state index contributed by atoms with van der Waals surface area (Å²) in [6, 6.07) is 1.96. The fraction of sp³-hybridized carbons (Fsp3) is 0.769. The quantitative estimate of drug-likeness (QED) is 0.683. The summed E-state index contributed by atoms with van der Waals surface area (Å²) >= 11 is 0. The maximum absolute atomic E-state index is 4.40. The lowest BCUT2D eigenvalue weighted by Crippen LogP contribution is -2.52. The van der Waals surface area contributed by atoms with Gasteiger partial charge < -0.3 is 0 Å². The molecule has 5 rings (SSSR count). The molecular weight excluding hydrogens is 184 g/mol. The Labute approximate surface area is 90.7 Å². The number of hydrogen-bond donors (Lipinski definition) is 0. The van der Waals surface area contributed by atoms with E-state index in [0.29, 0.717) is 5.54 Å². The Morgan fingerprint density at radius 3 is 2.13 bits per heavy atom. The highest BCUT2D eigenvalue weighted by Gasteiger charge is 2.52. The van der Waals surface area contributed by atoms with Crippen molar-refractivity contribution in [2.24, 2.45) is 17.8 Å². The van der Waals surface area contributed by atoms with E-state index in [4.69, 9.17) is 0 Å². The van der Waals surface area contributed by atoms with E-state index in [-0.39, 0.29) is 0 Å². The van der Waals surface area contributed by atoms with Crippen molar-refractivity contribution >= 4 is 0 Å². The van der Waals surface area contributed by atoms with Crippen LogP contribution in [0, 0.1) is 24.0 Å². The Balaban J connectivity index is 1.77. The van der Waals surface area contributed by atoms with Gasteiger partial charge in [0.2, 0.25) is 0 Å². The molecule has 2 nitrogen and oxygen atoms in total. The molecule has 0 atom stereocenters. The number of rotatable bonds is 1. The molecule has 1 heterocycles. The molecule has 1 aromatic rings. The summed E-state index contributed by atoms with van der Waals surface area (Å²) in [4.78, 5) is 0. The van der Waals surface area contributed by atoms with Crippen LogP contribution in [-0.4, -0.2) is 9.78 Å². The van der Waals surface area contributed by atoms with Crippen LogP contribution in [0.15, 0.2) is 12.3 Å². The van der Waals surface area contributed by atoms with Crippen LogP contribution in [0.3, 0.4) is 0 Å². The second-order valence-electron chi connectivity index (χ2n) is 6.03. The number of aromatic nitrogens is 2. The first-order chi connectivity index (χ1) is 7.34. The van der Waals surface area contributed by atoms with Crippen molar-refractivity contribution in [2.45, 2.75) is 44.1 Å². The molecule has 15 heavy (non-hydrogen) atoms. The third-order valence-corrected chi connectivity index (χ3v) is 4.95. The second kappa shape index (κ2) is 2.66. The van der Waals surface area contributed by atoms with E-state index < -0.39 is 0 Å². The summed E-state index contributed by atoms with van der Waals surface area (Å²) in [5, 5.41) is 4.40. The van der Waals surface area contributed by atoms with Crippen LogP contribution in [0.1, 0.15) is 38.5 Å². The van der Waals surface area contributed by atoms with Crippen molar-refractivity contribution in [3.63, 3.8) is 0 Å². The summed E-state index contributed by atoms with van der Waals surface area (Å²) in [6.45, 7) is 0. The minimum atomic E-state index is 0.398. The van der Waals surface area contributed by atoms with E-state index in [0.717, 1.165) is 17.8 Å². The van der Waals surface area contributed by atoms with Crippen molar-refractivity contribution in [1.29, 1.82) is 0 Å². The van der Waals surface area contributed by atoms with E-state index in [1.54, 1.807) is 0 Å². The molecule has 0 saturated heterocycles. The molecule has 0 spiro atoms. The van der Waals surface area contributed by atoms with Gasteiger partial charge in [0.15, 0.2) is 0 Å². The molecule has 0 N–H and O–H groups in total. The highest BCUT2D eigenvalue weighted by atomic mass is 15.3. The molecule has 4 fully saturated rings. The Morgan fingerprint density at radius 1 is 1.07 bits per heavy atom. The van der Waals surface area contributed by atoms with E-state index >= 15 is 0 Å². The summed E-state index contributed by atoms with van der Waals surface area (Å²) in [5.74, 6) is 3.00. The molecule has 0 amide bonds. The first-order valence-electron chi connectivity index (χ1n) is 6.26. The van der Waals surface area contributed by atoms with Gasteiger partial charge in [-0.15, -0.1) is 0 Å². The summed E-state index contributed by atoms with van der Waals surface area (Å²) in [6.07, 6.45) is 13.8. The Morgan fingerprint density at radius 2 is 1.67 bits per heavy atom. The molecule has 4 aliphatic rings. The van der Waals surface area contributed by atoms with E-state index in [2.05, 4.69) is 22.2 Å². The number of nitrogens with zero attached hydrogens (tertiary/aromatic N) is 2. The van der Waals surface area contributed by atoms with Crippen LogP contribution in [0.25, 0.3) is 0 Å². The van der Waals surface area contributed by atoms with Gasteiger partial charge in [0, 0.05) is 6.20 Å². The van der Waals surface area contributed by atoms with Gasteiger partial charge >= 0.3 is 0 Å². The third kappa shape index (κ3) is 1.08. The van der Waals surface area contributed by atoms with Gasteiger partial charge in [-0.1, -0.05) is 0 Å². The van der Waals surface area contributed by atoms with Crippen molar-refractivity contribution in [1.82, 2.24) is 9.78 Å². The summed E-state index contributed by atoms with van der Waals surface area (Å²) < 4.78 is 2.23. The molecule has 0 unspecified atom stereocenters. The predicted octanol–water partition coefficient (Wildman–Crippen LogP) is 2.61. The molecule has 4 saturated carbocycles. The topological polar surface area (TPSA) is 17.8 Å². The third-order valence-electron chi connectivity index (χ3n) is 4.95. The molecule has 2 heteroatoms. The normalized spacial score (nSPS) is 47.3. The minimum absolute atomic E-state index is 0.398. The zero-order valence-electron chi connectivity index (χ0n) is 9.02. The fourth-order valence-corrected chi connectivity index (χ4v) is 4.84. The van der Waals surface area contributed by atoms with Crippen LogP contribution in [0.5, 0.6) is 0 Å². The monoisotopic (exact) mass is 201 g/mol. The zero-order valence-corrected chi connectivity index (χ0v) is 9.02. The lowest BCUT2D eigenvalue weighted by molar-refractivity contribution is -0.0494. The standard InChI is InChI=1S/C13H17N2/c1-2-14-15(3-1)13-7-10-4-11(8-13)6-12(5-10)9-13/h1,3,10-12H,4-9H2. The molecule has 0 aromatic carbocycles. The largest absolute Gasteiger partial charge is 0.266 e. The van der Waals surface area contributed by atoms with Crippen LogP contribution >= 0.6 is 0 Å². The van der Waals surface area contributed by atoms with Gasteiger partial charge in [0.1, 0.15) is 6.20 Å². The maximum atomic E-state index is 4.40. The highest BCUT2D eigenvalue weighted by Crippen LogP contribution is 2.58. The lowest BCUT2D eigenvalue weighted by atomic mass is 9.53. The smallest absolute Gasteiger partial charge is 0.113 e. The average molecular weight is 201 g/mol. The first-order valence-corrected chi connectivity index (χ1v) is 6.26. The van der Waals surface area contributed by atoms with Gasteiger partial charge in [-0.3, -0.25) is 4.68 Å². The Hall–Kier alpha value is -0.790. The highest BCUT2D eigenvalue weighted by molar-refractivity contribution is 5.05. The predicted molar refractivity (Wildman–Crippen MR) is 57.2 cm³/mol. The van der Waals surface area contributed by atoms with Crippen LogP contribution in [0.2, 0.25) is 0 Å². The van der Waals surface area contributed by atoms with Crippen molar-refractivity contribution in [3.05, 3.63) is 18.5 Å². The van der Waals surface area contributed by atoms with E-state index in [9.17, 15) is 0 Å². The minimum Gasteiger partial charge on any atom is -0.266 e. The van der Waals surface area contributed by atoms with E-state index in [1.807, 2.05) is 6.07 Å². The SMILES string of the molecule is [c]1ccn(C23CC4CC(CC(C4)C2)C3)n1. The van der Waals surface area contributed by atoms with Gasteiger partial charge in [-0.2, -0.15) is 5.10 Å². The number of hydrogen-bond acceptors (Lipinski definition) is 1. The van der Waals surface area contributed by atoms with Crippen LogP contribution in [-0.2, 0) is 5.54 Å². The Kier molecular flexibility index (Phi) is 1.48. The summed E-state index contributed by atoms with van der Waals surface area (Å²) in [5.41, 5.74) is 0.398. The molecular formula is C13H17N2. The first kappa shape index (κ1) is 8.37. The van der Waals surface area contributed by atoms with Crippen molar-refractivity contribution in [3.8, 4) is 0 Å². The fourth-order valence-electron chi connectivity index (χ4n) is 4.84. The molecule has 4 aliphatic carbocycles. The van der Waals surface area contributed by atoms with Crippen LogP contribution < -0.4 is 0 Å². The molecule has 79 valence electrons. The maximum Gasteiger partial charge on any atom is 0.113 e. The van der Waals surface area contributed by atoms with Gasteiger partial charge in [-0.05, 0) is 62.3 Å². The van der Waals surface area contributed by atoms with Gasteiger partial charge in [-0.25, -0.2) is 0 Å². The average Bonchev–Trinajstić information content (AvgIpc) is 2.67. The molecule has 1 aromatic heterocycles. The molecule has 1 radical (unpaired) electrons. The van der Waals surface area contributed by atoms with E-state index in [1.165, 1.54) is 38.5 Å². The lowest BCUT2D eigenvalue weighted by Gasteiger charge is -2.56. The molecule has 0 aliphatic heterocycles. The Bertz CT molecular complexity index is 331.